The highest BCUT2D eigenvalue weighted by Gasteiger charge is 2.37. The van der Waals surface area contributed by atoms with Crippen molar-refractivity contribution in [3.05, 3.63) is 48.0 Å². The number of hydrogen-bond donors (Lipinski definition) is 1. The molecule has 20 heavy (non-hydrogen) atoms. The van der Waals surface area contributed by atoms with Gasteiger partial charge in [0.1, 0.15) is 0 Å². The van der Waals surface area contributed by atoms with Gasteiger partial charge in [-0.1, -0.05) is 24.3 Å². The highest BCUT2D eigenvalue weighted by atomic mass is 15.0. The summed E-state index contributed by atoms with van der Waals surface area (Å²) >= 11 is 0. The summed E-state index contributed by atoms with van der Waals surface area (Å²) in [7, 11) is 0. The summed E-state index contributed by atoms with van der Waals surface area (Å²) in [6, 6.07) is 15.5. The first-order valence-corrected chi connectivity index (χ1v) is 7.49. The van der Waals surface area contributed by atoms with E-state index in [0.29, 0.717) is 0 Å². The molecule has 4 rings (SSSR count). The van der Waals surface area contributed by atoms with Crippen molar-refractivity contribution in [3.63, 3.8) is 0 Å². The Balaban J connectivity index is 1.94. The lowest BCUT2D eigenvalue weighted by atomic mass is 10.0. The Kier molecular flexibility index (Phi) is 2.45. The molecular formula is C18H20N2. The number of nitrogens with two attached hydrogens (primary N) is 1. The van der Waals surface area contributed by atoms with Crippen LogP contribution in [0.2, 0.25) is 0 Å². The first-order valence-electron chi connectivity index (χ1n) is 7.49. The molecule has 1 aliphatic carbocycles. The third kappa shape index (κ3) is 1.75. The van der Waals surface area contributed by atoms with Gasteiger partial charge in [-0.3, -0.25) is 0 Å². The molecule has 1 aliphatic rings. The van der Waals surface area contributed by atoms with Crippen molar-refractivity contribution in [2.75, 3.05) is 0 Å². The molecule has 102 valence electrons. The van der Waals surface area contributed by atoms with Gasteiger partial charge in [0.05, 0.1) is 0 Å². The molecule has 0 atom stereocenters. The fourth-order valence-corrected chi connectivity index (χ4v) is 3.30. The topological polar surface area (TPSA) is 30.9 Å². The predicted molar refractivity (Wildman–Crippen MR) is 85.0 cm³/mol. The summed E-state index contributed by atoms with van der Waals surface area (Å²) in [5.41, 5.74) is 10.4. The zero-order valence-corrected chi connectivity index (χ0v) is 11.9. The molecule has 0 unspecified atom stereocenters. The summed E-state index contributed by atoms with van der Waals surface area (Å²) in [6.45, 7) is 3.21. The number of rotatable bonds is 3. The van der Waals surface area contributed by atoms with E-state index in [0.717, 1.165) is 13.0 Å². The quantitative estimate of drug-likeness (QED) is 0.765. The normalized spacial score (nSPS) is 16.9. The molecule has 1 aromatic heterocycles. The molecule has 1 fully saturated rings. The van der Waals surface area contributed by atoms with Crippen LogP contribution >= 0.6 is 0 Å². The van der Waals surface area contributed by atoms with Gasteiger partial charge in [-0.05, 0) is 49.9 Å². The molecule has 0 amide bonds. The minimum Gasteiger partial charge on any atom is -0.341 e. The largest absolute Gasteiger partial charge is 0.341 e. The predicted octanol–water partition coefficient (Wildman–Crippen LogP) is 3.85. The summed E-state index contributed by atoms with van der Waals surface area (Å²) in [5, 5.41) is 2.72. The minimum absolute atomic E-state index is 0.0802. The molecule has 1 heterocycles. The van der Waals surface area contributed by atoms with Gasteiger partial charge in [0.2, 0.25) is 0 Å². The molecule has 2 aromatic carbocycles. The maximum atomic E-state index is 6.26. The third-order valence-electron chi connectivity index (χ3n) is 4.60. The van der Waals surface area contributed by atoms with Crippen molar-refractivity contribution in [1.82, 2.24) is 4.57 Å². The van der Waals surface area contributed by atoms with Gasteiger partial charge in [0, 0.05) is 33.9 Å². The number of benzene rings is 2. The number of aryl methyl sites for hydroxylation is 1. The van der Waals surface area contributed by atoms with Crippen LogP contribution < -0.4 is 5.73 Å². The number of fused-ring (bicyclic) bond motifs is 3. The molecule has 1 saturated carbocycles. The molecular weight excluding hydrogens is 244 g/mol. The SMILES string of the molecule is CCn1c2ccccc2c2cc(CC3(N)CC3)ccc21. The molecule has 0 spiro atoms. The van der Waals surface area contributed by atoms with E-state index in [1.165, 1.54) is 40.2 Å². The summed E-state index contributed by atoms with van der Waals surface area (Å²) in [4.78, 5) is 0. The van der Waals surface area contributed by atoms with Gasteiger partial charge in [0.25, 0.3) is 0 Å². The fourth-order valence-electron chi connectivity index (χ4n) is 3.30. The minimum atomic E-state index is 0.0802. The molecule has 3 aromatic rings. The van der Waals surface area contributed by atoms with Crippen LogP contribution in [0.5, 0.6) is 0 Å². The van der Waals surface area contributed by atoms with Gasteiger partial charge in [0.15, 0.2) is 0 Å². The lowest BCUT2D eigenvalue weighted by Gasteiger charge is -2.09. The van der Waals surface area contributed by atoms with Gasteiger partial charge in [-0.25, -0.2) is 0 Å². The fraction of sp³-hybridized carbons (Fsp3) is 0.333. The van der Waals surface area contributed by atoms with Crippen molar-refractivity contribution in [3.8, 4) is 0 Å². The van der Waals surface area contributed by atoms with Crippen LogP contribution in [0.3, 0.4) is 0 Å². The molecule has 2 N–H and O–H groups in total. The number of nitrogens with zero attached hydrogens (tertiary/aromatic N) is 1. The summed E-state index contributed by atoms with van der Waals surface area (Å²) in [5.74, 6) is 0. The van der Waals surface area contributed by atoms with E-state index < -0.39 is 0 Å². The monoisotopic (exact) mass is 264 g/mol. The lowest BCUT2D eigenvalue weighted by molar-refractivity contribution is 0.672. The van der Waals surface area contributed by atoms with Crippen LogP contribution in [0, 0.1) is 0 Å². The van der Waals surface area contributed by atoms with Crippen molar-refractivity contribution in [1.29, 1.82) is 0 Å². The standard InChI is InChI=1S/C18H20N2/c1-2-20-16-6-4-3-5-14(16)15-11-13(7-8-17(15)20)12-18(19)9-10-18/h3-8,11H,2,9-10,12,19H2,1H3. The number of para-hydroxylation sites is 1. The van der Waals surface area contributed by atoms with E-state index in [-0.39, 0.29) is 5.54 Å². The zero-order valence-electron chi connectivity index (χ0n) is 11.9. The maximum Gasteiger partial charge on any atom is 0.0491 e. The molecule has 0 saturated heterocycles. The molecule has 0 aliphatic heterocycles. The zero-order chi connectivity index (χ0) is 13.7. The third-order valence-corrected chi connectivity index (χ3v) is 4.60. The van der Waals surface area contributed by atoms with Crippen molar-refractivity contribution in [2.24, 2.45) is 5.73 Å². The summed E-state index contributed by atoms with van der Waals surface area (Å²) in [6.07, 6.45) is 3.35. The smallest absolute Gasteiger partial charge is 0.0491 e. The average molecular weight is 264 g/mol. The number of aromatic nitrogens is 1. The van der Waals surface area contributed by atoms with E-state index in [1.54, 1.807) is 0 Å². The second-order valence-corrected chi connectivity index (χ2v) is 6.15. The molecule has 2 nitrogen and oxygen atoms in total. The molecule has 0 bridgehead atoms. The van der Waals surface area contributed by atoms with E-state index >= 15 is 0 Å². The second kappa shape index (κ2) is 4.10. The van der Waals surface area contributed by atoms with E-state index in [4.69, 9.17) is 5.73 Å². The Labute approximate surface area is 119 Å². The van der Waals surface area contributed by atoms with Gasteiger partial charge < -0.3 is 10.3 Å². The van der Waals surface area contributed by atoms with Crippen LogP contribution in [0.25, 0.3) is 21.8 Å². The Hall–Kier alpha value is -1.80. The van der Waals surface area contributed by atoms with Crippen LogP contribution in [-0.2, 0) is 13.0 Å². The lowest BCUT2D eigenvalue weighted by Crippen LogP contribution is -2.24. The first-order chi connectivity index (χ1) is 9.70. The Morgan fingerprint density at radius 2 is 1.80 bits per heavy atom. The number of hydrogen-bond acceptors (Lipinski definition) is 1. The van der Waals surface area contributed by atoms with Gasteiger partial charge in [-0.15, -0.1) is 0 Å². The Bertz CT molecular complexity index is 794. The highest BCUT2D eigenvalue weighted by molar-refractivity contribution is 6.08. The molecule has 2 heteroatoms. The molecule has 0 radical (unpaired) electrons. The first kappa shape index (κ1) is 12.0. The van der Waals surface area contributed by atoms with E-state index in [1.807, 2.05) is 0 Å². The Morgan fingerprint density at radius 3 is 2.55 bits per heavy atom. The highest BCUT2D eigenvalue weighted by Crippen LogP contribution is 2.37. The van der Waals surface area contributed by atoms with Crippen LogP contribution in [0.15, 0.2) is 42.5 Å². The second-order valence-electron chi connectivity index (χ2n) is 6.15. The van der Waals surface area contributed by atoms with Crippen molar-refractivity contribution in [2.45, 2.75) is 38.3 Å². The van der Waals surface area contributed by atoms with Gasteiger partial charge >= 0.3 is 0 Å². The maximum absolute atomic E-state index is 6.26. The van der Waals surface area contributed by atoms with Crippen molar-refractivity contribution < 1.29 is 0 Å². The van der Waals surface area contributed by atoms with Crippen LogP contribution in [0.4, 0.5) is 0 Å². The average Bonchev–Trinajstić information content (AvgIpc) is 3.10. The van der Waals surface area contributed by atoms with Gasteiger partial charge in [-0.2, -0.15) is 0 Å². The van der Waals surface area contributed by atoms with Crippen LogP contribution in [0.1, 0.15) is 25.3 Å². The van der Waals surface area contributed by atoms with Crippen LogP contribution in [-0.4, -0.2) is 10.1 Å². The van der Waals surface area contributed by atoms with E-state index in [2.05, 4.69) is 54.0 Å². The van der Waals surface area contributed by atoms with E-state index in [9.17, 15) is 0 Å². The Morgan fingerprint density at radius 1 is 1.05 bits per heavy atom. The summed E-state index contributed by atoms with van der Waals surface area (Å²) < 4.78 is 2.39. The van der Waals surface area contributed by atoms with Crippen molar-refractivity contribution >= 4 is 21.8 Å².